The highest BCUT2D eigenvalue weighted by molar-refractivity contribution is 7.91. The number of pyridine rings is 1. The highest BCUT2D eigenvalue weighted by Crippen LogP contribution is 2.34. The maximum atomic E-state index is 14.7. The maximum Gasteiger partial charge on any atom is 0.178 e. The van der Waals surface area contributed by atoms with E-state index in [4.69, 9.17) is 14.2 Å². The lowest BCUT2D eigenvalue weighted by molar-refractivity contribution is 0.0920. The van der Waals surface area contributed by atoms with Crippen molar-refractivity contribution >= 4 is 21.0 Å². The zero-order chi connectivity index (χ0) is 24.3. The second-order valence-corrected chi connectivity index (χ2v) is 9.91. The third kappa shape index (κ3) is 5.18. The van der Waals surface area contributed by atoms with Gasteiger partial charge in [-0.05, 0) is 49.4 Å². The summed E-state index contributed by atoms with van der Waals surface area (Å²) in [6, 6.07) is 12.3. The lowest BCUT2D eigenvalue weighted by Gasteiger charge is -2.16. The van der Waals surface area contributed by atoms with E-state index in [9.17, 15) is 12.8 Å². The molecule has 0 amide bonds. The molecule has 1 N–H and O–H groups in total. The summed E-state index contributed by atoms with van der Waals surface area (Å²) >= 11 is 0. The van der Waals surface area contributed by atoms with Gasteiger partial charge in [-0.25, -0.2) is 22.8 Å². The minimum absolute atomic E-state index is 0.0965. The van der Waals surface area contributed by atoms with Crippen LogP contribution in [0.1, 0.15) is 13.8 Å². The van der Waals surface area contributed by atoms with Crippen molar-refractivity contribution in [2.24, 2.45) is 0 Å². The number of rotatable bonds is 9. The van der Waals surface area contributed by atoms with Crippen LogP contribution in [0.3, 0.4) is 0 Å². The molecule has 178 valence electrons. The van der Waals surface area contributed by atoms with Crippen LogP contribution in [-0.4, -0.2) is 48.9 Å². The number of sulfone groups is 1. The first-order chi connectivity index (χ1) is 16.3. The monoisotopic (exact) mass is 485 g/mol. The van der Waals surface area contributed by atoms with Gasteiger partial charge >= 0.3 is 0 Å². The average Bonchev–Trinajstić information content (AvgIpc) is 3.25. The van der Waals surface area contributed by atoms with Crippen molar-refractivity contribution in [3.63, 3.8) is 0 Å². The fraction of sp³-hybridized carbons (Fsp3) is 0.250. The first-order valence-corrected chi connectivity index (χ1v) is 12.3. The fourth-order valence-corrected chi connectivity index (χ4v) is 4.26. The number of fused-ring (bicyclic) bond motifs is 1. The molecule has 1 atom stereocenters. The molecule has 0 bridgehead atoms. The summed E-state index contributed by atoms with van der Waals surface area (Å²) in [7, 11) is -1.96. The zero-order valence-electron chi connectivity index (χ0n) is 18.9. The molecule has 8 nitrogen and oxygen atoms in total. The van der Waals surface area contributed by atoms with Gasteiger partial charge in [0.05, 0.1) is 17.3 Å². The molecular weight excluding hydrogens is 461 g/mol. The van der Waals surface area contributed by atoms with E-state index in [0.29, 0.717) is 34.9 Å². The molecule has 0 saturated heterocycles. The van der Waals surface area contributed by atoms with Crippen molar-refractivity contribution in [1.82, 2.24) is 15.0 Å². The van der Waals surface area contributed by atoms with E-state index in [1.807, 2.05) is 13.0 Å². The summed E-state index contributed by atoms with van der Waals surface area (Å²) in [6.45, 7) is 3.73. The number of hydrogen-bond acceptors (Lipinski definition) is 7. The van der Waals surface area contributed by atoms with Crippen LogP contribution in [0, 0.1) is 5.82 Å². The van der Waals surface area contributed by atoms with Gasteiger partial charge in [-0.2, -0.15) is 0 Å². The van der Waals surface area contributed by atoms with Crippen LogP contribution in [-0.2, 0) is 14.6 Å². The predicted octanol–water partition coefficient (Wildman–Crippen LogP) is 4.76. The summed E-state index contributed by atoms with van der Waals surface area (Å²) in [5, 5.41) is 0. The number of hydrogen-bond donors (Lipinski definition) is 1. The van der Waals surface area contributed by atoms with Gasteiger partial charge in [0, 0.05) is 24.9 Å². The molecular formula is C24H24FN3O5S. The van der Waals surface area contributed by atoms with Crippen molar-refractivity contribution in [3.05, 3.63) is 60.5 Å². The molecule has 34 heavy (non-hydrogen) atoms. The van der Waals surface area contributed by atoms with Gasteiger partial charge in [-0.15, -0.1) is 0 Å². The van der Waals surface area contributed by atoms with E-state index < -0.39 is 15.7 Å². The number of benzene rings is 2. The highest BCUT2D eigenvalue weighted by atomic mass is 32.2. The molecule has 10 heteroatoms. The smallest absolute Gasteiger partial charge is 0.178 e. The Balaban J connectivity index is 1.72. The molecule has 2 aromatic carbocycles. The van der Waals surface area contributed by atoms with Gasteiger partial charge < -0.3 is 19.2 Å². The number of imidazole rings is 1. The molecule has 2 aromatic heterocycles. The first kappa shape index (κ1) is 23.7. The molecule has 0 aliphatic rings. The number of aromatic nitrogens is 3. The summed E-state index contributed by atoms with van der Waals surface area (Å²) in [5.41, 5.74) is 1.95. The van der Waals surface area contributed by atoms with Crippen LogP contribution in [0.15, 0.2) is 59.6 Å². The van der Waals surface area contributed by atoms with Crippen LogP contribution < -0.4 is 9.47 Å². The van der Waals surface area contributed by atoms with E-state index in [2.05, 4.69) is 15.0 Å². The number of halogens is 1. The predicted molar refractivity (Wildman–Crippen MR) is 125 cm³/mol. The molecule has 0 spiro atoms. The lowest BCUT2D eigenvalue weighted by atomic mass is 10.2. The molecule has 0 aliphatic heterocycles. The summed E-state index contributed by atoms with van der Waals surface area (Å²) in [4.78, 5) is 11.9. The third-order valence-electron chi connectivity index (χ3n) is 5.02. The number of nitrogens with zero attached hydrogens (tertiary/aromatic N) is 2. The Hall–Kier alpha value is -3.50. The molecule has 1 unspecified atom stereocenters. The lowest BCUT2D eigenvalue weighted by Crippen LogP contribution is -2.17. The third-order valence-corrected chi connectivity index (χ3v) is 6.75. The van der Waals surface area contributed by atoms with Crippen molar-refractivity contribution < 1.29 is 27.0 Å². The number of methoxy groups -OCH3 is 1. The van der Waals surface area contributed by atoms with Crippen molar-refractivity contribution in [3.8, 4) is 28.6 Å². The molecule has 0 saturated carbocycles. The molecule has 0 aliphatic carbocycles. The number of ether oxygens (including phenoxy) is 3. The summed E-state index contributed by atoms with van der Waals surface area (Å²) < 4.78 is 55.7. The second kappa shape index (κ2) is 9.78. The summed E-state index contributed by atoms with van der Waals surface area (Å²) in [6.07, 6.45) is 1.41. The van der Waals surface area contributed by atoms with Gasteiger partial charge in [0.15, 0.2) is 27.1 Å². The quantitative estimate of drug-likeness (QED) is 0.364. The van der Waals surface area contributed by atoms with Crippen molar-refractivity contribution in [1.29, 1.82) is 0 Å². The number of H-pyrrole nitrogens is 1. The van der Waals surface area contributed by atoms with Crippen LogP contribution in [0.5, 0.6) is 17.2 Å². The maximum absolute atomic E-state index is 14.7. The molecule has 4 rings (SSSR count). The SMILES string of the molecule is CCS(=O)(=O)c1ccc(Oc2cc(OC(C)COC)cc(-c3nc4cccnc4[nH]3)c2)c(F)c1. The van der Waals surface area contributed by atoms with Crippen molar-refractivity contribution in [2.75, 3.05) is 19.5 Å². The van der Waals surface area contributed by atoms with Gasteiger partial charge in [0.1, 0.15) is 28.9 Å². The zero-order valence-corrected chi connectivity index (χ0v) is 19.7. The van der Waals surface area contributed by atoms with Crippen molar-refractivity contribution in [2.45, 2.75) is 24.8 Å². The van der Waals surface area contributed by atoms with E-state index in [1.165, 1.54) is 19.1 Å². The Bertz CT molecular complexity index is 1390. The Morgan fingerprint density at radius 3 is 2.62 bits per heavy atom. The number of nitrogens with one attached hydrogen (secondary N) is 1. The molecule has 4 aromatic rings. The number of aromatic amines is 1. The van der Waals surface area contributed by atoms with E-state index >= 15 is 0 Å². The normalized spacial score (nSPS) is 12.6. The highest BCUT2D eigenvalue weighted by Gasteiger charge is 2.17. The largest absolute Gasteiger partial charge is 0.488 e. The first-order valence-electron chi connectivity index (χ1n) is 10.6. The minimum Gasteiger partial charge on any atom is -0.488 e. The average molecular weight is 486 g/mol. The van der Waals surface area contributed by atoms with E-state index in [-0.39, 0.29) is 28.3 Å². The standard InChI is InChI=1S/C24H24FN3O5S/c1-4-34(29,30)19-7-8-22(20(25)13-19)33-18-11-16(10-17(12-18)32-15(2)14-31-3)23-27-21-6-5-9-26-24(21)28-23/h5-13,15H,4,14H2,1-3H3,(H,26,27,28). The summed E-state index contributed by atoms with van der Waals surface area (Å²) in [5.74, 6) is 0.263. The van der Waals surface area contributed by atoms with E-state index in [0.717, 1.165) is 6.07 Å². The Morgan fingerprint density at radius 2 is 1.91 bits per heavy atom. The Kier molecular flexibility index (Phi) is 6.80. The van der Waals surface area contributed by atoms with Gasteiger partial charge in [-0.1, -0.05) is 6.92 Å². The topological polar surface area (TPSA) is 103 Å². The van der Waals surface area contributed by atoms with Gasteiger partial charge in [0.25, 0.3) is 0 Å². The van der Waals surface area contributed by atoms with Crippen LogP contribution >= 0.6 is 0 Å². The molecule has 0 fully saturated rings. The minimum atomic E-state index is -3.54. The van der Waals surface area contributed by atoms with E-state index in [1.54, 1.807) is 37.6 Å². The fourth-order valence-electron chi connectivity index (χ4n) is 3.37. The van der Waals surface area contributed by atoms with Crippen LogP contribution in [0.25, 0.3) is 22.6 Å². The molecule has 0 radical (unpaired) electrons. The second-order valence-electron chi connectivity index (χ2n) is 7.63. The van der Waals surface area contributed by atoms with Crippen LogP contribution in [0.4, 0.5) is 4.39 Å². The Labute approximate surface area is 196 Å². The molecule has 2 heterocycles. The van der Waals surface area contributed by atoms with Gasteiger partial charge in [-0.3, -0.25) is 0 Å². The Morgan fingerprint density at radius 1 is 1.12 bits per heavy atom. The van der Waals surface area contributed by atoms with Gasteiger partial charge in [0.2, 0.25) is 0 Å². The van der Waals surface area contributed by atoms with Crippen LogP contribution in [0.2, 0.25) is 0 Å².